The van der Waals surface area contributed by atoms with Crippen LogP contribution in [0, 0.1) is 5.82 Å². The Bertz CT molecular complexity index is 1000. The summed E-state index contributed by atoms with van der Waals surface area (Å²) in [7, 11) is 0. The van der Waals surface area contributed by atoms with E-state index in [1.165, 1.54) is 12.1 Å². The number of hydrogen-bond acceptors (Lipinski definition) is 4. The number of nitrogens with one attached hydrogen (secondary N) is 1. The molecule has 2 saturated heterocycles. The summed E-state index contributed by atoms with van der Waals surface area (Å²) in [5.41, 5.74) is 0.526. The predicted molar refractivity (Wildman–Crippen MR) is 113 cm³/mol. The third kappa shape index (κ3) is 3.97. The van der Waals surface area contributed by atoms with Crippen LogP contribution < -0.4 is 5.69 Å². The van der Waals surface area contributed by atoms with Crippen molar-refractivity contribution >= 4 is 17.1 Å². The first kappa shape index (κ1) is 20.9. The molecule has 2 aliphatic rings. The molecule has 0 aliphatic carbocycles. The van der Waals surface area contributed by atoms with Gasteiger partial charge in [0.1, 0.15) is 11.4 Å². The number of H-pyrrole nitrogens is 1. The Kier molecular flexibility index (Phi) is 5.16. The molecule has 8 heteroatoms. The molecule has 0 spiro atoms. The molecule has 164 valence electrons. The fourth-order valence-corrected chi connectivity index (χ4v) is 4.82. The lowest BCUT2D eigenvalue weighted by molar-refractivity contribution is 0.0221. The minimum absolute atomic E-state index is 0.0833. The van der Waals surface area contributed by atoms with Gasteiger partial charge in [0.25, 0.3) is 0 Å². The van der Waals surface area contributed by atoms with Gasteiger partial charge in [-0.15, -0.1) is 0 Å². The first-order valence-corrected chi connectivity index (χ1v) is 10.7. The minimum Gasteiger partial charge on any atom is -0.444 e. The topological polar surface area (TPSA) is 70.6 Å². The van der Waals surface area contributed by atoms with Gasteiger partial charge in [-0.2, -0.15) is 0 Å². The SMILES string of the molecule is CC(C)(C)OC(=O)N1CCC(C)(N2CCC(n3c(=O)[nH]c4cc(F)ccc43)CC2)C1. The predicted octanol–water partition coefficient (Wildman–Crippen LogP) is 3.51. The second-order valence-corrected chi connectivity index (χ2v) is 9.83. The zero-order valence-corrected chi connectivity index (χ0v) is 18.2. The highest BCUT2D eigenvalue weighted by molar-refractivity contribution is 5.75. The number of carbonyl (C=O) groups is 1. The molecule has 4 rings (SSSR count). The number of fused-ring (bicyclic) bond motifs is 1. The number of halogens is 1. The molecule has 0 bridgehead atoms. The first-order chi connectivity index (χ1) is 14.1. The Morgan fingerprint density at radius 3 is 2.60 bits per heavy atom. The zero-order chi connectivity index (χ0) is 21.7. The van der Waals surface area contributed by atoms with Crippen LogP contribution in [-0.2, 0) is 4.74 Å². The average molecular weight is 419 g/mol. The summed E-state index contributed by atoms with van der Waals surface area (Å²) in [5.74, 6) is -0.352. The fourth-order valence-electron chi connectivity index (χ4n) is 4.82. The maximum Gasteiger partial charge on any atom is 0.410 e. The molecule has 2 fully saturated rings. The quantitative estimate of drug-likeness (QED) is 0.810. The molecular weight excluding hydrogens is 387 g/mol. The largest absolute Gasteiger partial charge is 0.444 e. The summed E-state index contributed by atoms with van der Waals surface area (Å²) in [4.78, 5) is 31.9. The second kappa shape index (κ2) is 7.41. The Balaban J connectivity index is 1.42. The number of rotatable bonds is 2. The van der Waals surface area contributed by atoms with Crippen molar-refractivity contribution in [2.75, 3.05) is 26.2 Å². The van der Waals surface area contributed by atoms with Gasteiger partial charge in [0.2, 0.25) is 0 Å². The number of piperidine rings is 1. The van der Waals surface area contributed by atoms with Gasteiger partial charge in [0.05, 0.1) is 11.0 Å². The number of ether oxygens (including phenoxy) is 1. The van der Waals surface area contributed by atoms with E-state index in [4.69, 9.17) is 4.74 Å². The van der Waals surface area contributed by atoms with Crippen molar-refractivity contribution < 1.29 is 13.9 Å². The Morgan fingerprint density at radius 2 is 1.93 bits per heavy atom. The van der Waals surface area contributed by atoms with E-state index in [9.17, 15) is 14.0 Å². The van der Waals surface area contributed by atoms with Gasteiger partial charge in [0, 0.05) is 37.8 Å². The number of nitrogens with zero attached hydrogens (tertiary/aromatic N) is 3. The van der Waals surface area contributed by atoms with Crippen LogP contribution >= 0.6 is 0 Å². The van der Waals surface area contributed by atoms with Gasteiger partial charge in [-0.3, -0.25) is 9.47 Å². The average Bonchev–Trinajstić information content (AvgIpc) is 3.21. The lowest BCUT2D eigenvalue weighted by Crippen LogP contribution is -2.52. The highest BCUT2D eigenvalue weighted by Crippen LogP contribution is 2.34. The van der Waals surface area contributed by atoms with E-state index in [1.807, 2.05) is 20.8 Å². The van der Waals surface area contributed by atoms with E-state index in [-0.39, 0.29) is 29.2 Å². The van der Waals surface area contributed by atoms with Crippen LogP contribution in [-0.4, -0.2) is 62.8 Å². The van der Waals surface area contributed by atoms with E-state index in [0.29, 0.717) is 18.6 Å². The van der Waals surface area contributed by atoms with E-state index < -0.39 is 5.60 Å². The van der Waals surface area contributed by atoms with Gasteiger partial charge >= 0.3 is 11.8 Å². The molecule has 1 aromatic carbocycles. The van der Waals surface area contributed by atoms with Crippen molar-refractivity contribution in [3.05, 3.63) is 34.5 Å². The highest BCUT2D eigenvalue weighted by Gasteiger charge is 2.43. The van der Waals surface area contributed by atoms with Crippen LogP contribution in [0.15, 0.2) is 23.0 Å². The van der Waals surface area contributed by atoms with Crippen molar-refractivity contribution in [2.45, 2.75) is 64.1 Å². The van der Waals surface area contributed by atoms with Crippen LogP contribution in [0.25, 0.3) is 11.0 Å². The molecule has 1 unspecified atom stereocenters. The van der Waals surface area contributed by atoms with Crippen LogP contribution in [0.4, 0.5) is 9.18 Å². The Labute approximate surface area is 175 Å². The molecule has 1 N–H and O–H groups in total. The molecule has 2 aliphatic heterocycles. The molecule has 1 amide bonds. The number of likely N-dealkylation sites (tertiary alicyclic amines) is 2. The summed E-state index contributed by atoms with van der Waals surface area (Å²) < 4.78 is 20.8. The summed E-state index contributed by atoms with van der Waals surface area (Å²) in [6.45, 7) is 10.9. The normalized spacial score (nSPS) is 24.0. The van der Waals surface area contributed by atoms with Gasteiger partial charge < -0.3 is 14.6 Å². The second-order valence-electron chi connectivity index (χ2n) is 9.83. The maximum atomic E-state index is 13.5. The van der Waals surface area contributed by atoms with E-state index in [2.05, 4.69) is 16.8 Å². The molecule has 7 nitrogen and oxygen atoms in total. The number of hydrogen-bond donors (Lipinski definition) is 1. The molecular formula is C22H31FN4O3. The molecule has 0 saturated carbocycles. The van der Waals surface area contributed by atoms with Gasteiger partial charge in [-0.25, -0.2) is 14.0 Å². The summed E-state index contributed by atoms with van der Waals surface area (Å²) in [6, 6.07) is 4.52. The maximum absolute atomic E-state index is 13.5. The summed E-state index contributed by atoms with van der Waals surface area (Å²) in [6.07, 6.45) is 2.33. The van der Waals surface area contributed by atoms with Crippen molar-refractivity contribution in [1.82, 2.24) is 19.4 Å². The summed E-state index contributed by atoms with van der Waals surface area (Å²) >= 11 is 0. The Morgan fingerprint density at radius 1 is 1.23 bits per heavy atom. The van der Waals surface area contributed by atoms with Gasteiger partial charge in [-0.05, 0) is 65.2 Å². The number of aromatic amines is 1. The molecule has 30 heavy (non-hydrogen) atoms. The number of carbonyl (C=O) groups excluding carboxylic acids is 1. The number of benzene rings is 1. The van der Waals surface area contributed by atoms with Crippen molar-refractivity contribution in [2.24, 2.45) is 0 Å². The summed E-state index contributed by atoms with van der Waals surface area (Å²) in [5, 5.41) is 0. The lowest BCUT2D eigenvalue weighted by Gasteiger charge is -2.43. The smallest absolute Gasteiger partial charge is 0.410 e. The van der Waals surface area contributed by atoms with Crippen LogP contribution in [0.1, 0.15) is 53.0 Å². The van der Waals surface area contributed by atoms with Crippen LogP contribution in [0.2, 0.25) is 0 Å². The molecule has 1 aromatic heterocycles. The van der Waals surface area contributed by atoms with E-state index in [1.54, 1.807) is 15.5 Å². The van der Waals surface area contributed by atoms with E-state index >= 15 is 0 Å². The first-order valence-electron chi connectivity index (χ1n) is 10.7. The standard InChI is InChI=1S/C22H31FN4O3/c1-21(2,3)30-20(29)25-12-9-22(4,14-25)26-10-7-16(8-11-26)27-18-6-5-15(23)13-17(18)24-19(27)28/h5-6,13,16H,7-12,14H2,1-4H3,(H,24,28). The van der Waals surface area contributed by atoms with Crippen molar-refractivity contribution in [3.63, 3.8) is 0 Å². The highest BCUT2D eigenvalue weighted by atomic mass is 19.1. The Hall–Kier alpha value is -2.35. The number of amides is 1. The van der Waals surface area contributed by atoms with E-state index in [0.717, 1.165) is 37.9 Å². The van der Waals surface area contributed by atoms with Gasteiger partial charge in [0.15, 0.2) is 0 Å². The third-order valence-corrected chi connectivity index (χ3v) is 6.38. The number of aromatic nitrogens is 2. The van der Waals surface area contributed by atoms with Crippen molar-refractivity contribution in [1.29, 1.82) is 0 Å². The fraction of sp³-hybridized carbons (Fsp3) is 0.636. The molecule has 0 radical (unpaired) electrons. The third-order valence-electron chi connectivity index (χ3n) is 6.38. The minimum atomic E-state index is -0.496. The van der Waals surface area contributed by atoms with Gasteiger partial charge in [-0.1, -0.05) is 0 Å². The zero-order valence-electron chi connectivity index (χ0n) is 18.2. The lowest BCUT2D eigenvalue weighted by atomic mass is 9.94. The molecule has 1 atom stereocenters. The monoisotopic (exact) mass is 418 g/mol. The van der Waals surface area contributed by atoms with Crippen LogP contribution in [0.3, 0.4) is 0 Å². The van der Waals surface area contributed by atoms with Crippen molar-refractivity contribution in [3.8, 4) is 0 Å². The molecule has 2 aromatic rings. The van der Waals surface area contributed by atoms with Crippen LogP contribution in [0.5, 0.6) is 0 Å². The number of imidazole rings is 1. The molecule has 3 heterocycles.